The zero-order valence-electron chi connectivity index (χ0n) is 10.9. The fourth-order valence-electron chi connectivity index (χ4n) is 1.84. The molecular weight excluding hydrogens is 275 g/mol. The van der Waals surface area contributed by atoms with Gasteiger partial charge in [-0.15, -0.1) is 0 Å². The second-order valence-electron chi connectivity index (χ2n) is 4.44. The van der Waals surface area contributed by atoms with Gasteiger partial charge in [-0.1, -0.05) is 12.1 Å². The monoisotopic (exact) mass is 288 g/mol. The van der Waals surface area contributed by atoms with Crippen LogP contribution in [0.25, 0.3) is 0 Å². The smallest absolute Gasteiger partial charge is 0.140 e. The molecule has 2 aromatic rings. The Morgan fingerprint density at radius 2 is 2.05 bits per heavy atom. The number of aryl methyl sites for hydroxylation is 1. The maximum atomic E-state index is 13.2. The van der Waals surface area contributed by atoms with E-state index >= 15 is 0 Å². The Bertz CT molecular complexity index is 722. The Labute approximate surface area is 119 Å². The lowest BCUT2D eigenvalue weighted by molar-refractivity contribution is 0.623. The van der Waals surface area contributed by atoms with E-state index in [1.165, 1.54) is 18.2 Å². The van der Waals surface area contributed by atoms with E-state index in [0.29, 0.717) is 16.1 Å². The molecule has 0 aliphatic carbocycles. The fourth-order valence-corrected chi connectivity index (χ4v) is 3.17. The first-order valence-electron chi connectivity index (χ1n) is 5.94. The van der Waals surface area contributed by atoms with Crippen molar-refractivity contribution in [1.82, 2.24) is 0 Å². The topological polar surface area (TPSA) is 66.9 Å². The summed E-state index contributed by atoms with van der Waals surface area (Å²) in [5.74, 6) is -0.346. The lowest BCUT2D eigenvalue weighted by Crippen LogP contribution is -2.01. The van der Waals surface area contributed by atoms with Crippen LogP contribution in [0.3, 0.4) is 0 Å². The van der Waals surface area contributed by atoms with Crippen LogP contribution in [0.15, 0.2) is 41.3 Å². The van der Waals surface area contributed by atoms with Gasteiger partial charge in [0.2, 0.25) is 0 Å². The molecule has 0 amide bonds. The first kappa shape index (κ1) is 14.2. The highest BCUT2D eigenvalue weighted by atomic mass is 32.2. The van der Waals surface area contributed by atoms with E-state index in [1.807, 2.05) is 13.0 Å². The maximum Gasteiger partial charge on any atom is 0.140 e. The molecule has 102 valence electrons. The lowest BCUT2D eigenvalue weighted by atomic mass is 10.1. The number of hydrogen-bond acceptors (Lipinski definition) is 3. The van der Waals surface area contributed by atoms with Crippen molar-refractivity contribution < 1.29 is 8.60 Å². The minimum atomic E-state index is -1.28. The number of nitrogen functional groups attached to an aromatic ring is 1. The van der Waals surface area contributed by atoms with Gasteiger partial charge in [0.1, 0.15) is 11.9 Å². The highest BCUT2D eigenvalue weighted by Crippen LogP contribution is 2.20. The summed E-state index contributed by atoms with van der Waals surface area (Å²) < 4.78 is 25.6. The van der Waals surface area contributed by atoms with Crippen molar-refractivity contribution in [2.45, 2.75) is 17.6 Å². The molecule has 0 aliphatic rings. The molecule has 0 spiro atoms. The van der Waals surface area contributed by atoms with Gasteiger partial charge >= 0.3 is 0 Å². The van der Waals surface area contributed by atoms with E-state index in [4.69, 9.17) is 11.0 Å². The van der Waals surface area contributed by atoms with Crippen molar-refractivity contribution in [2.75, 3.05) is 5.73 Å². The summed E-state index contributed by atoms with van der Waals surface area (Å²) in [7, 11) is -1.28. The summed E-state index contributed by atoms with van der Waals surface area (Å²) >= 11 is 0. The number of nitrogens with zero attached hydrogens (tertiary/aromatic N) is 1. The highest BCUT2D eigenvalue weighted by Gasteiger charge is 2.10. The molecule has 0 radical (unpaired) electrons. The van der Waals surface area contributed by atoms with Gasteiger partial charge < -0.3 is 5.73 Å². The summed E-state index contributed by atoms with van der Waals surface area (Å²) in [6.07, 6.45) is 0. The average molecular weight is 288 g/mol. The van der Waals surface area contributed by atoms with Gasteiger partial charge in [0.15, 0.2) is 0 Å². The maximum absolute atomic E-state index is 13.2. The summed E-state index contributed by atoms with van der Waals surface area (Å²) in [6, 6.07) is 11.2. The molecule has 0 aromatic heterocycles. The third kappa shape index (κ3) is 3.03. The van der Waals surface area contributed by atoms with Crippen molar-refractivity contribution >= 4 is 16.5 Å². The molecule has 2 rings (SSSR count). The predicted octanol–water partition coefficient (Wildman–Crippen LogP) is 2.90. The van der Waals surface area contributed by atoms with Crippen LogP contribution < -0.4 is 5.73 Å². The number of anilines is 1. The summed E-state index contributed by atoms with van der Waals surface area (Å²) in [6.45, 7) is 1.86. The standard InChI is InChI=1S/C15H13FN2OS/c1-10-2-4-13(18)7-15(10)20(19)9-11-3-5-14(16)12(6-11)8-17/h2-7H,9,18H2,1H3. The van der Waals surface area contributed by atoms with Crippen LogP contribution in [0.2, 0.25) is 0 Å². The largest absolute Gasteiger partial charge is 0.399 e. The number of hydrogen-bond donors (Lipinski definition) is 1. The number of halogens is 1. The number of benzene rings is 2. The zero-order chi connectivity index (χ0) is 14.7. The van der Waals surface area contributed by atoms with Gasteiger partial charge in [0.05, 0.1) is 22.1 Å². The van der Waals surface area contributed by atoms with Crippen LogP contribution in [0.1, 0.15) is 16.7 Å². The number of rotatable bonds is 3. The first-order valence-corrected chi connectivity index (χ1v) is 7.26. The van der Waals surface area contributed by atoms with Crippen LogP contribution >= 0.6 is 0 Å². The molecule has 2 N–H and O–H groups in total. The zero-order valence-corrected chi connectivity index (χ0v) is 11.7. The molecule has 1 unspecified atom stereocenters. The number of nitrogens with two attached hydrogens (primary N) is 1. The Morgan fingerprint density at radius 1 is 1.30 bits per heavy atom. The van der Waals surface area contributed by atoms with Crippen molar-refractivity contribution in [3.63, 3.8) is 0 Å². The van der Waals surface area contributed by atoms with Crippen molar-refractivity contribution in [1.29, 1.82) is 5.26 Å². The van der Waals surface area contributed by atoms with E-state index in [2.05, 4.69) is 0 Å². The first-order chi connectivity index (χ1) is 9.51. The van der Waals surface area contributed by atoms with E-state index in [9.17, 15) is 8.60 Å². The van der Waals surface area contributed by atoms with E-state index < -0.39 is 16.6 Å². The van der Waals surface area contributed by atoms with E-state index in [1.54, 1.807) is 18.2 Å². The van der Waals surface area contributed by atoms with Gasteiger partial charge in [-0.25, -0.2) is 4.39 Å². The van der Waals surface area contributed by atoms with E-state index in [-0.39, 0.29) is 11.3 Å². The second kappa shape index (κ2) is 5.85. The second-order valence-corrected chi connectivity index (χ2v) is 5.86. The molecule has 20 heavy (non-hydrogen) atoms. The Hall–Kier alpha value is -2.19. The van der Waals surface area contributed by atoms with Crippen LogP contribution in [0.5, 0.6) is 0 Å². The molecule has 0 fully saturated rings. The van der Waals surface area contributed by atoms with Crippen LogP contribution in [-0.2, 0) is 16.6 Å². The van der Waals surface area contributed by atoms with Crippen molar-refractivity contribution in [3.8, 4) is 6.07 Å². The average Bonchev–Trinajstić information content (AvgIpc) is 2.43. The minimum Gasteiger partial charge on any atom is -0.399 e. The Kier molecular flexibility index (Phi) is 4.16. The molecular formula is C15H13FN2OS. The van der Waals surface area contributed by atoms with Crippen LogP contribution in [0.4, 0.5) is 10.1 Å². The Balaban J connectivity index is 2.28. The summed E-state index contributed by atoms with van der Waals surface area (Å²) in [4.78, 5) is 0.660. The third-order valence-electron chi connectivity index (χ3n) is 2.91. The fraction of sp³-hybridized carbons (Fsp3) is 0.133. The molecule has 0 saturated heterocycles. The molecule has 0 aliphatic heterocycles. The highest BCUT2D eigenvalue weighted by molar-refractivity contribution is 7.84. The van der Waals surface area contributed by atoms with E-state index in [0.717, 1.165) is 5.56 Å². The lowest BCUT2D eigenvalue weighted by Gasteiger charge is -2.07. The quantitative estimate of drug-likeness (QED) is 0.883. The molecule has 2 aromatic carbocycles. The summed E-state index contributed by atoms with van der Waals surface area (Å²) in [5, 5.41) is 8.79. The minimum absolute atomic E-state index is 0.0382. The van der Waals surface area contributed by atoms with Crippen molar-refractivity contribution in [3.05, 3.63) is 58.9 Å². The molecule has 0 saturated carbocycles. The Morgan fingerprint density at radius 3 is 2.75 bits per heavy atom. The van der Waals surface area contributed by atoms with Gasteiger partial charge in [0.25, 0.3) is 0 Å². The summed E-state index contributed by atoms with van der Waals surface area (Å²) in [5.41, 5.74) is 7.76. The SMILES string of the molecule is Cc1ccc(N)cc1S(=O)Cc1ccc(F)c(C#N)c1. The third-order valence-corrected chi connectivity index (χ3v) is 4.43. The van der Waals surface area contributed by atoms with Gasteiger partial charge in [-0.05, 0) is 42.3 Å². The number of nitriles is 1. The van der Waals surface area contributed by atoms with Gasteiger partial charge in [-0.2, -0.15) is 5.26 Å². The predicted molar refractivity (Wildman–Crippen MR) is 76.8 cm³/mol. The molecule has 0 heterocycles. The molecule has 0 bridgehead atoms. The van der Waals surface area contributed by atoms with Gasteiger partial charge in [0, 0.05) is 10.6 Å². The normalized spacial score (nSPS) is 11.8. The van der Waals surface area contributed by atoms with Crippen LogP contribution in [-0.4, -0.2) is 4.21 Å². The molecule has 3 nitrogen and oxygen atoms in total. The molecule has 5 heteroatoms. The van der Waals surface area contributed by atoms with Crippen molar-refractivity contribution in [2.24, 2.45) is 0 Å². The van der Waals surface area contributed by atoms with Crippen LogP contribution in [0, 0.1) is 24.1 Å². The van der Waals surface area contributed by atoms with Gasteiger partial charge in [-0.3, -0.25) is 4.21 Å². The molecule has 1 atom stereocenters.